The molecule has 2 heterocycles. The molecule has 1 unspecified atom stereocenters. The van der Waals surface area contributed by atoms with Crippen molar-refractivity contribution in [3.8, 4) is 0 Å². The zero-order valence-electron chi connectivity index (χ0n) is 11.2. The quantitative estimate of drug-likeness (QED) is 0.596. The molecule has 0 aromatic carbocycles. The summed E-state index contributed by atoms with van der Waals surface area (Å²) in [5, 5.41) is 0. The van der Waals surface area contributed by atoms with Gasteiger partial charge in [-0.2, -0.15) is 15.0 Å². The highest BCUT2D eigenvalue weighted by molar-refractivity contribution is 5.44. The van der Waals surface area contributed by atoms with E-state index in [1.165, 1.54) is 12.8 Å². The van der Waals surface area contributed by atoms with E-state index in [-0.39, 0.29) is 0 Å². The molecule has 100 valence electrons. The summed E-state index contributed by atoms with van der Waals surface area (Å²) in [6, 6.07) is 0. The van der Waals surface area contributed by atoms with Crippen LogP contribution in [0, 0.1) is 5.92 Å². The number of piperidine rings is 1. The molecule has 0 saturated carbocycles. The predicted octanol–water partition coefficient (Wildman–Crippen LogP) is 0.460. The van der Waals surface area contributed by atoms with Gasteiger partial charge in [0.2, 0.25) is 17.8 Å². The normalized spacial score (nSPS) is 19.8. The summed E-state index contributed by atoms with van der Waals surface area (Å²) in [6.45, 7) is 4.23. The van der Waals surface area contributed by atoms with Gasteiger partial charge in [0.05, 0.1) is 0 Å². The third-order valence-electron chi connectivity index (χ3n) is 3.08. The average molecular weight is 251 g/mol. The molecule has 0 aliphatic carbocycles. The van der Waals surface area contributed by atoms with Gasteiger partial charge in [-0.3, -0.25) is 5.43 Å². The van der Waals surface area contributed by atoms with Crippen LogP contribution < -0.4 is 21.1 Å². The van der Waals surface area contributed by atoms with Gasteiger partial charge in [-0.1, -0.05) is 6.92 Å². The van der Waals surface area contributed by atoms with Gasteiger partial charge in [-0.05, 0) is 18.8 Å². The molecule has 0 spiro atoms. The van der Waals surface area contributed by atoms with E-state index < -0.39 is 0 Å². The van der Waals surface area contributed by atoms with Gasteiger partial charge in [0.1, 0.15) is 0 Å². The highest BCUT2D eigenvalue weighted by Gasteiger charge is 2.20. The van der Waals surface area contributed by atoms with Crippen LogP contribution in [-0.2, 0) is 0 Å². The maximum Gasteiger partial charge on any atom is 0.243 e. The second-order valence-corrected chi connectivity index (χ2v) is 4.99. The standard InChI is InChI=1S/C11H21N7/c1-8-5-4-6-18(7-8)11-14-9(16-12)13-10(15-11)17(2)3/h8H,4-7,12H2,1-3H3,(H,13,14,15,16). The van der Waals surface area contributed by atoms with Crippen molar-refractivity contribution in [3.63, 3.8) is 0 Å². The number of hydrogen-bond acceptors (Lipinski definition) is 7. The number of aromatic nitrogens is 3. The Labute approximate surface area is 107 Å². The van der Waals surface area contributed by atoms with Gasteiger partial charge in [0.25, 0.3) is 0 Å². The van der Waals surface area contributed by atoms with Crippen molar-refractivity contribution < 1.29 is 0 Å². The Kier molecular flexibility index (Phi) is 3.81. The molecule has 1 aliphatic rings. The van der Waals surface area contributed by atoms with Crippen LogP contribution in [0.25, 0.3) is 0 Å². The molecule has 1 saturated heterocycles. The molecular weight excluding hydrogens is 230 g/mol. The highest BCUT2D eigenvalue weighted by Crippen LogP contribution is 2.21. The molecule has 3 N–H and O–H groups in total. The van der Waals surface area contributed by atoms with Gasteiger partial charge in [-0.25, -0.2) is 5.84 Å². The maximum absolute atomic E-state index is 5.40. The summed E-state index contributed by atoms with van der Waals surface area (Å²) in [7, 11) is 3.80. The zero-order chi connectivity index (χ0) is 13.1. The molecule has 1 aromatic heterocycles. The fraction of sp³-hybridized carbons (Fsp3) is 0.727. The van der Waals surface area contributed by atoms with Crippen molar-refractivity contribution in [2.75, 3.05) is 42.4 Å². The van der Waals surface area contributed by atoms with Crippen molar-refractivity contribution in [3.05, 3.63) is 0 Å². The van der Waals surface area contributed by atoms with Crippen molar-refractivity contribution in [2.24, 2.45) is 11.8 Å². The predicted molar refractivity (Wildman–Crippen MR) is 72.6 cm³/mol. The molecular formula is C11H21N7. The minimum absolute atomic E-state index is 0.405. The summed E-state index contributed by atoms with van der Waals surface area (Å²) in [5.74, 6) is 7.80. The van der Waals surface area contributed by atoms with E-state index in [0.29, 0.717) is 23.8 Å². The minimum atomic E-state index is 0.405. The molecule has 7 heteroatoms. The number of anilines is 3. The van der Waals surface area contributed by atoms with Crippen LogP contribution in [0.4, 0.5) is 17.8 Å². The van der Waals surface area contributed by atoms with Crippen LogP contribution in [-0.4, -0.2) is 42.1 Å². The minimum Gasteiger partial charge on any atom is -0.347 e. The first-order valence-corrected chi connectivity index (χ1v) is 6.25. The fourth-order valence-corrected chi connectivity index (χ4v) is 2.13. The number of nitrogens with two attached hydrogens (primary N) is 1. The van der Waals surface area contributed by atoms with Crippen LogP contribution in [0.5, 0.6) is 0 Å². The Morgan fingerprint density at radius 3 is 2.72 bits per heavy atom. The Balaban J connectivity index is 2.28. The lowest BCUT2D eigenvalue weighted by molar-refractivity contribution is 0.442. The molecule has 1 fully saturated rings. The van der Waals surface area contributed by atoms with Crippen molar-refractivity contribution in [1.29, 1.82) is 0 Å². The SMILES string of the molecule is CC1CCCN(c2nc(NN)nc(N(C)C)n2)C1. The van der Waals surface area contributed by atoms with Gasteiger partial charge >= 0.3 is 0 Å². The van der Waals surface area contributed by atoms with E-state index in [4.69, 9.17) is 5.84 Å². The van der Waals surface area contributed by atoms with Gasteiger partial charge in [0.15, 0.2) is 0 Å². The molecule has 1 aliphatic heterocycles. The van der Waals surface area contributed by atoms with Crippen LogP contribution >= 0.6 is 0 Å². The van der Waals surface area contributed by atoms with Crippen LogP contribution in [0.3, 0.4) is 0 Å². The largest absolute Gasteiger partial charge is 0.347 e. The maximum atomic E-state index is 5.40. The molecule has 1 atom stereocenters. The summed E-state index contributed by atoms with van der Waals surface area (Å²) < 4.78 is 0. The number of nitrogens with one attached hydrogen (secondary N) is 1. The fourth-order valence-electron chi connectivity index (χ4n) is 2.13. The Bertz CT molecular complexity index is 406. The summed E-state index contributed by atoms with van der Waals surface area (Å²) in [5.41, 5.74) is 2.50. The first kappa shape index (κ1) is 12.8. The first-order valence-electron chi connectivity index (χ1n) is 6.25. The highest BCUT2D eigenvalue weighted by atomic mass is 15.4. The van der Waals surface area contributed by atoms with Crippen LogP contribution in [0.15, 0.2) is 0 Å². The van der Waals surface area contributed by atoms with Gasteiger partial charge in [0, 0.05) is 27.2 Å². The summed E-state index contributed by atoms with van der Waals surface area (Å²) in [4.78, 5) is 17.1. The topological polar surface area (TPSA) is 83.2 Å². The molecule has 7 nitrogen and oxygen atoms in total. The first-order chi connectivity index (χ1) is 8.60. The van der Waals surface area contributed by atoms with E-state index in [0.717, 1.165) is 13.1 Å². The molecule has 0 bridgehead atoms. The van der Waals surface area contributed by atoms with Gasteiger partial charge < -0.3 is 9.80 Å². The monoisotopic (exact) mass is 251 g/mol. The Hall–Kier alpha value is -1.63. The van der Waals surface area contributed by atoms with Crippen molar-refractivity contribution in [2.45, 2.75) is 19.8 Å². The number of nitrogen functional groups attached to an aromatic ring is 1. The molecule has 0 amide bonds. The molecule has 18 heavy (non-hydrogen) atoms. The van der Waals surface area contributed by atoms with Gasteiger partial charge in [-0.15, -0.1) is 0 Å². The third kappa shape index (κ3) is 2.79. The van der Waals surface area contributed by atoms with E-state index in [2.05, 4.69) is 32.2 Å². The number of nitrogens with zero attached hydrogens (tertiary/aromatic N) is 5. The van der Waals surface area contributed by atoms with E-state index in [1.54, 1.807) is 0 Å². The van der Waals surface area contributed by atoms with E-state index in [9.17, 15) is 0 Å². The molecule has 1 aromatic rings. The lowest BCUT2D eigenvalue weighted by Gasteiger charge is -2.31. The zero-order valence-corrected chi connectivity index (χ0v) is 11.2. The average Bonchev–Trinajstić information content (AvgIpc) is 2.38. The second kappa shape index (κ2) is 5.34. The van der Waals surface area contributed by atoms with Crippen LogP contribution in [0.2, 0.25) is 0 Å². The number of hydrazine groups is 1. The van der Waals surface area contributed by atoms with E-state index in [1.807, 2.05) is 19.0 Å². The van der Waals surface area contributed by atoms with Crippen LogP contribution in [0.1, 0.15) is 19.8 Å². The van der Waals surface area contributed by atoms with Crippen molar-refractivity contribution in [1.82, 2.24) is 15.0 Å². The second-order valence-electron chi connectivity index (χ2n) is 4.99. The Morgan fingerprint density at radius 2 is 2.11 bits per heavy atom. The van der Waals surface area contributed by atoms with E-state index >= 15 is 0 Å². The smallest absolute Gasteiger partial charge is 0.243 e. The third-order valence-corrected chi connectivity index (χ3v) is 3.08. The lowest BCUT2D eigenvalue weighted by Crippen LogP contribution is -2.36. The number of rotatable bonds is 3. The molecule has 2 rings (SSSR count). The van der Waals surface area contributed by atoms with Crippen molar-refractivity contribution >= 4 is 17.8 Å². The summed E-state index contributed by atoms with van der Waals surface area (Å²) >= 11 is 0. The summed E-state index contributed by atoms with van der Waals surface area (Å²) in [6.07, 6.45) is 2.44. The lowest BCUT2D eigenvalue weighted by atomic mass is 10.0. The Morgan fingerprint density at radius 1 is 1.33 bits per heavy atom. The number of hydrogen-bond donors (Lipinski definition) is 2. The molecule has 0 radical (unpaired) electrons.